The lowest BCUT2D eigenvalue weighted by molar-refractivity contribution is -0.0773. The number of aromatic amines is 1. The Morgan fingerprint density at radius 3 is 3.06 bits per heavy atom. The van der Waals surface area contributed by atoms with Gasteiger partial charge in [-0.2, -0.15) is 5.10 Å². The van der Waals surface area contributed by atoms with Crippen molar-refractivity contribution in [1.29, 1.82) is 0 Å². The van der Waals surface area contributed by atoms with Gasteiger partial charge in [0.05, 0.1) is 5.60 Å². The van der Waals surface area contributed by atoms with Crippen molar-refractivity contribution in [2.45, 2.75) is 30.8 Å². The quantitative estimate of drug-likeness (QED) is 0.832. The molecule has 1 atom stereocenters. The molecule has 0 spiro atoms. The summed E-state index contributed by atoms with van der Waals surface area (Å²) in [4.78, 5) is 2.37. The number of hydrogen-bond donors (Lipinski definition) is 2. The van der Waals surface area contributed by atoms with Crippen molar-refractivity contribution in [2.75, 3.05) is 32.8 Å². The summed E-state index contributed by atoms with van der Waals surface area (Å²) in [6.45, 7) is 4.24. The van der Waals surface area contributed by atoms with Crippen molar-refractivity contribution in [2.24, 2.45) is 0 Å². The molecular weight excluding hydrogens is 230 g/mol. The van der Waals surface area contributed by atoms with Crippen LogP contribution in [0.3, 0.4) is 0 Å². The first kappa shape index (κ1) is 12.1. The fourth-order valence-electron chi connectivity index (χ4n) is 3.05. The predicted octanol–water partition coefficient (Wildman–Crippen LogP) is 0.740. The zero-order valence-electron chi connectivity index (χ0n) is 10.6. The highest BCUT2D eigenvalue weighted by atomic mass is 16.5. The molecule has 0 radical (unpaired) electrons. The Morgan fingerprint density at radius 1 is 1.50 bits per heavy atom. The molecule has 1 aromatic rings. The van der Waals surface area contributed by atoms with Crippen LogP contribution >= 0.6 is 0 Å². The van der Waals surface area contributed by atoms with Crippen LogP contribution in [-0.4, -0.2) is 58.7 Å². The van der Waals surface area contributed by atoms with E-state index in [-0.39, 0.29) is 0 Å². The number of H-pyrrole nitrogens is 1. The lowest BCUT2D eigenvalue weighted by atomic mass is 9.94. The van der Waals surface area contributed by atoms with E-state index in [4.69, 9.17) is 4.74 Å². The van der Waals surface area contributed by atoms with Crippen LogP contribution in [-0.2, 0) is 4.74 Å². The summed E-state index contributed by atoms with van der Waals surface area (Å²) in [6, 6.07) is 2.05. The molecule has 18 heavy (non-hydrogen) atoms. The number of β-amino-alcohol motifs (C(OH)–C–C–N with tert-alkyl or cyclic N) is 1. The van der Waals surface area contributed by atoms with Crippen LogP contribution < -0.4 is 0 Å². The van der Waals surface area contributed by atoms with E-state index in [1.165, 1.54) is 5.69 Å². The Balaban J connectivity index is 1.56. The largest absolute Gasteiger partial charge is 0.388 e. The molecule has 0 aliphatic carbocycles. The summed E-state index contributed by atoms with van der Waals surface area (Å²) in [6.07, 6.45) is 4.48. The summed E-state index contributed by atoms with van der Waals surface area (Å²) in [5.74, 6) is 0.538. The van der Waals surface area contributed by atoms with Gasteiger partial charge in [-0.15, -0.1) is 0 Å². The first-order valence-corrected chi connectivity index (χ1v) is 6.77. The third kappa shape index (κ3) is 2.58. The standard InChI is InChI=1S/C13H21N3O2/c17-13(3-7-18-8-4-13)10-16-6-2-11(9-16)12-1-5-14-15-12/h1,5,11,17H,2-4,6-10H2,(H,14,15). The van der Waals surface area contributed by atoms with Gasteiger partial charge in [0.2, 0.25) is 0 Å². The van der Waals surface area contributed by atoms with Crippen LogP contribution in [0.15, 0.2) is 12.3 Å². The molecule has 3 heterocycles. The van der Waals surface area contributed by atoms with Crippen molar-refractivity contribution < 1.29 is 9.84 Å². The minimum atomic E-state index is -0.541. The summed E-state index contributed by atoms with van der Waals surface area (Å²) >= 11 is 0. The van der Waals surface area contributed by atoms with E-state index >= 15 is 0 Å². The van der Waals surface area contributed by atoms with Crippen molar-refractivity contribution in [1.82, 2.24) is 15.1 Å². The number of hydrogen-bond acceptors (Lipinski definition) is 4. The molecule has 0 saturated carbocycles. The van der Waals surface area contributed by atoms with Crippen LogP contribution in [0, 0.1) is 0 Å². The normalized spacial score (nSPS) is 28.6. The smallest absolute Gasteiger partial charge is 0.0817 e. The Kier molecular flexibility index (Phi) is 3.37. The fraction of sp³-hybridized carbons (Fsp3) is 0.769. The molecule has 100 valence electrons. The maximum Gasteiger partial charge on any atom is 0.0817 e. The van der Waals surface area contributed by atoms with E-state index in [1.54, 1.807) is 0 Å². The van der Waals surface area contributed by atoms with Crippen molar-refractivity contribution in [3.8, 4) is 0 Å². The second-order valence-electron chi connectivity index (χ2n) is 5.57. The number of aromatic nitrogens is 2. The third-order valence-corrected chi connectivity index (χ3v) is 4.18. The maximum absolute atomic E-state index is 10.5. The van der Waals surface area contributed by atoms with Gasteiger partial charge in [0, 0.05) is 57.0 Å². The monoisotopic (exact) mass is 251 g/mol. The van der Waals surface area contributed by atoms with E-state index in [9.17, 15) is 5.11 Å². The zero-order valence-corrected chi connectivity index (χ0v) is 10.6. The Morgan fingerprint density at radius 2 is 2.33 bits per heavy atom. The highest BCUT2D eigenvalue weighted by Gasteiger charge is 2.35. The van der Waals surface area contributed by atoms with Gasteiger partial charge in [-0.3, -0.25) is 10.00 Å². The average molecular weight is 251 g/mol. The second kappa shape index (κ2) is 4.99. The molecule has 5 heteroatoms. The maximum atomic E-state index is 10.5. The summed E-state index contributed by atoms with van der Waals surface area (Å²) in [7, 11) is 0. The highest BCUT2D eigenvalue weighted by molar-refractivity contribution is 5.09. The molecule has 2 aliphatic heterocycles. The molecule has 0 aromatic carbocycles. The molecule has 5 nitrogen and oxygen atoms in total. The number of nitrogens with zero attached hydrogens (tertiary/aromatic N) is 2. The Bertz CT molecular complexity index is 374. The molecule has 3 rings (SSSR count). The molecule has 0 bridgehead atoms. The first-order valence-electron chi connectivity index (χ1n) is 6.77. The number of likely N-dealkylation sites (tertiary alicyclic amines) is 1. The number of aliphatic hydroxyl groups is 1. The highest BCUT2D eigenvalue weighted by Crippen LogP contribution is 2.29. The number of rotatable bonds is 3. The van der Waals surface area contributed by atoms with E-state index in [0.29, 0.717) is 19.1 Å². The van der Waals surface area contributed by atoms with E-state index in [2.05, 4.69) is 21.2 Å². The minimum Gasteiger partial charge on any atom is -0.388 e. The van der Waals surface area contributed by atoms with Crippen molar-refractivity contribution >= 4 is 0 Å². The van der Waals surface area contributed by atoms with Crippen molar-refractivity contribution in [3.63, 3.8) is 0 Å². The molecule has 2 saturated heterocycles. The summed E-state index contributed by atoms with van der Waals surface area (Å²) in [5, 5.41) is 17.6. The Hall–Kier alpha value is -0.910. The summed E-state index contributed by atoms with van der Waals surface area (Å²) in [5.41, 5.74) is 0.678. The average Bonchev–Trinajstić information content (AvgIpc) is 2.99. The third-order valence-electron chi connectivity index (χ3n) is 4.18. The second-order valence-corrected chi connectivity index (χ2v) is 5.57. The fourth-order valence-corrected chi connectivity index (χ4v) is 3.05. The topological polar surface area (TPSA) is 61.4 Å². The Labute approximate surface area is 107 Å². The van der Waals surface area contributed by atoms with E-state index in [1.807, 2.05) is 6.20 Å². The van der Waals surface area contributed by atoms with E-state index in [0.717, 1.165) is 38.9 Å². The number of nitrogens with one attached hydrogen (secondary N) is 1. The summed E-state index contributed by atoms with van der Waals surface area (Å²) < 4.78 is 5.32. The minimum absolute atomic E-state index is 0.538. The van der Waals surface area contributed by atoms with Crippen LogP contribution in [0.5, 0.6) is 0 Å². The predicted molar refractivity (Wildman–Crippen MR) is 67.4 cm³/mol. The van der Waals surface area contributed by atoms with Crippen LogP contribution in [0.2, 0.25) is 0 Å². The zero-order chi connectivity index (χ0) is 12.4. The van der Waals surface area contributed by atoms with Gasteiger partial charge < -0.3 is 9.84 Å². The van der Waals surface area contributed by atoms with Crippen molar-refractivity contribution in [3.05, 3.63) is 18.0 Å². The van der Waals surface area contributed by atoms with Gasteiger partial charge in [-0.1, -0.05) is 0 Å². The molecule has 1 unspecified atom stereocenters. The van der Waals surface area contributed by atoms with Gasteiger partial charge in [0.15, 0.2) is 0 Å². The van der Waals surface area contributed by atoms with Crippen LogP contribution in [0.1, 0.15) is 30.9 Å². The van der Waals surface area contributed by atoms with Gasteiger partial charge in [-0.05, 0) is 19.0 Å². The van der Waals surface area contributed by atoms with Gasteiger partial charge in [0.1, 0.15) is 0 Å². The molecule has 2 fully saturated rings. The van der Waals surface area contributed by atoms with E-state index < -0.39 is 5.60 Å². The SMILES string of the molecule is OC1(CN2CCC(c3ccn[nH]3)C2)CCOCC1. The molecule has 2 aliphatic rings. The molecule has 2 N–H and O–H groups in total. The van der Waals surface area contributed by atoms with Gasteiger partial charge in [0.25, 0.3) is 0 Å². The van der Waals surface area contributed by atoms with Crippen LogP contribution in [0.4, 0.5) is 0 Å². The van der Waals surface area contributed by atoms with Gasteiger partial charge >= 0.3 is 0 Å². The first-order chi connectivity index (χ1) is 8.75. The van der Waals surface area contributed by atoms with Gasteiger partial charge in [-0.25, -0.2) is 0 Å². The molecule has 0 amide bonds. The molecule has 1 aromatic heterocycles. The lowest BCUT2D eigenvalue weighted by Crippen LogP contribution is -2.46. The number of ether oxygens (including phenoxy) is 1. The van der Waals surface area contributed by atoms with Crippen LogP contribution in [0.25, 0.3) is 0 Å². The molecular formula is C13H21N3O2. The lowest BCUT2D eigenvalue weighted by Gasteiger charge is -2.35.